The predicted molar refractivity (Wildman–Crippen MR) is 104 cm³/mol. The molecule has 0 aromatic heterocycles. The Balaban J connectivity index is 1.43. The third kappa shape index (κ3) is 6.62. The average Bonchev–Trinajstić information content (AvgIpc) is 2.72. The molecule has 0 spiro atoms. The van der Waals surface area contributed by atoms with E-state index in [1.54, 1.807) is 4.90 Å². The van der Waals surface area contributed by atoms with E-state index in [9.17, 15) is 31.5 Å². The van der Waals surface area contributed by atoms with Crippen molar-refractivity contribution in [2.75, 3.05) is 39.3 Å². The fraction of sp³-hybridized carbons (Fsp3) is 0.619. The summed E-state index contributed by atoms with van der Waals surface area (Å²) in [4.78, 5) is 28.2. The standard InChI is InChI=1S/C21H26F5N3O2/c22-17-3-7-29(8-4-17)19(30)13-28-5-1-14(2-6-28)12-27-20(31)15-9-16(21(24,25)26)11-18(23)10-15/h9-11,14,17H,1-8,12-13H2,(H,27,31). The van der Waals surface area contributed by atoms with E-state index in [0.717, 1.165) is 18.9 Å². The lowest BCUT2D eigenvalue weighted by atomic mass is 9.96. The number of likely N-dealkylation sites (tertiary alicyclic amines) is 2. The van der Waals surface area contributed by atoms with Gasteiger partial charge in [0.05, 0.1) is 12.1 Å². The molecule has 2 aliphatic heterocycles. The fourth-order valence-corrected chi connectivity index (χ4v) is 3.96. The molecule has 0 bridgehead atoms. The zero-order valence-electron chi connectivity index (χ0n) is 17.1. The van der Waals surface area contributed by atoms with E-state index in [2.05, 4.69) is 5.32 Å². The number of alkyl halides is 4. The molecule has 31 heavy (non-hydrogen) atoms. The lowest BCUT2D eigenvalue weighted by Gasteiger charge is -2.34. The number of hydrogen-bond acceptors (Lipinski definition) is 3. The van der Waals surface area contributed by atoms with Crippen LogP contribution in [0, 0.1) is 11.7 Å². The van der Waals surface area contributed by atoms with Gasteiger partial charge in [0.15, 0.2) is 0 Å². The van der Waals surface area contributed by atoms with Gasteiger partial charge < -0.3 is 10.2 Å². The molecule has 2 aliphatic rings. The number of carbonyl (C=O) groups is 2. The lowest BCUT2D eigenvalue weighted by Crippen LogP contribution is -2.47. The number of benzene rings is 1. The van der Waals surface area contributed by atoms with Crippen molar-refractivity contribution in [2.45, 2.75) is 38.0 Å². The molecule has 2 fully saturated rings. The van der Waals surface area contributed by atoms with Gasteiger partial charge in [0.1, 0.15) is 12.0 Å². The second-order valence-corrected chi connectivity index (χ2v) is 8.21. The lowest BCUT2D eigenvalue weighted by molar-refractivity contribution is -0.138. The molecule has 0 saturated carbocycles. The van der Waals surface area contributed by atoms with Gasteiger partial charge in [-0.15, -0.1) is 0 Å². The van der Waals surface area contributed by atoms with Crippen molar-refractivity contribution in [3.63, 3.8) is 0 Å². The molecule has 10 heteroatoms. The summed E-state index contributed by atoms with van der Waals surface area (Å²) >= 11 is 0. The third-order valence-electron chi connectivity index (χ3n) is 5.88. The van der Waals surface area contributed by atoms with E-state index in [-0.39, 0.29) is 30.5 Å². The van der Waals surface area contributed by atoms with E-state index < -0.39 is 29.6 Å². The monoisotopic (exact) mass is 447 g/mol. The Morgan fingerprint density at radius 1 is 1.00 bits per heavy atom. The summed E-state index contributed by atoms with van der Waals surface area (Å²) in [6.45, 7) is 2.74. The second kappa shape index (κ2) is 9.93. The van der Waals surface area contributed by atoms with Gasteiger partial charge in [0, 0.05) is 25.2 Å². The van der Waals surface area contributed by atoms with Crippen LogP contribution in [0.1, 0.15) is 41.6 Å². The van der Waals surface area contributed by atoms with Crippen LogP contribution in [0.15, 0.2) is 18.2 Å². The summed E-state index contributed by atoms with van der Waals surface area (Å²) in [5.74, 6) is -1.76. The molecule has 5 nitrogen and oxygen atoms in total. The number of halogens is 5. The molecule has 2 heterocycles. The summed E-state index contributed by atoms with van der Waals surface area (Å²) in [6.07, 6.45) is -3.37. The molecule has 1 aromatic rings. The summed E-state index contributed by atoms with van der Waals surface area (Å²) in [6, 6.07) is 1.77. The van der Waals surface area contributed by atoms with Crippen LogP contribution < -0.4 is 5.32 Å². The molecule has 0 atom stereocenters. The number of piperidine rings is 2. The molecule has 2 saturated heterocycles. The Hall–Kier alpha value is -2.23. The Morgan fingerprint density at radius 3 is 2.26 bits per heavy atom. The van der Waals surface area contributed by atoms with Gasteiger partial charge in [-0.2, -0.15) is 13.2 Å². The first-order valence-electron chi connectivity index (χ1n) is 10.4. The van der Waals surface area contributed by atoms with Gasteiger partial charge in [-0.25, -0.2) is 8.78 Å². The average molecular weight is 447 g/mol. The summed E-state index contributed by atoms with van der Waals surface area (Å²) < 4.78 is 65.1. The Labute approximate surface area is 177 Å². The first kappa shape index (κ1) is 23.4. The zero-order valence-corrected chi connectivity index (χ0v) is 17.1. The van der Waals surface area contributed by atoms with Crippen molar-refractivity contribution in [1.82, 2.24) is 15.1 Å². The fourth-order valence-electron chi connectivity index (χ4n) is 3.96. The second-order valence-electron chi connectivity index (χ2n) is 8.21. The largest absolute Gasteiger partial charge is 0.416 e. The van der Waals surface area contributed by atoms with Crippen molar-refractivity contribution in [1.29, 1.82) is 0 Å². The van der Waals surface area contributed by atoms with Crippen LogP contribution in [0.25, 0.3) is 0 Å². The van der Waals surface area contributed by atoms with Crippen molar-refractivity contribution in [3.8, 4) is 0 Å². The molecule has 0 aliphatic carbocycles. The van der Waals surface area contributed by atoms with Crippen LogP contribution in [-0.2, 0) is 11.0 Å². The molecule has 1 aromatic carbocycles. The molecular weight excluding hydrogens is 421 g/mol. The van der Waals surface area contributed by atoms with Gasteiger partial charge in [0.2, 0.25) is 5.91 Å². The maximum absolute atomic E-state index is 13.5. The van der Waals surface area contributed by atoms with Gasteiger partial charge in [-0.3, -0.25) is 14.5 Å². The van der Waals surface area contributed by atoms with Gasteiger partial charge in [0.25, 0.3) is 5.91 Å². The highest BCUT2D eigenvalue weighted by Crippen LogP contribution is 2.30. The summed E-state index contributed by atoms with van der Waals surface area (Å²) in [7, 11) is 0. The molecule has 0 radical (unpaired) electrons. The van der Waals surface area contributed by atoms with Crippen LogP contribution in [0.4, 0.5) is 22.0 Å². The number of hydrogen-bond donors (Lipinski definition) is 1. The minimum absolute atomic E-state index is 0.00905. The molecular formula is C21H26F5N3O2. The van der Waals surface area contributed by atoms with E-state index in [1.165, 1.54) is 0 Å². The Kier molecular flexibility index (Phi) is 7.51. The first-order chi connectivity index (χ1) is 14.6. The van der Waals surface area contributed by atoms with Crippen LogP contribution in [0.2, 0.25) is 0 Å². The summed E-state index contributed by atoms with van der Waals surface area (Å²) in [5, 5.41) is 2.58. The van der Waals surface area contributed by atoms with E-state index in [1.807, 2.05) is 4.90 Å². The highest BCUT2D eigenvalue weighted by molar-refractivity contribution is 5.94. The van der Waals surface area contributed by atoms with Crippen LogP contribution >= 0.6 is 0 Å². The van der Waals surface area contributed by atoms with E-state index in [0.29, 0.717) is 51.2 Å². The van der Waals surface area contributed by atoms with Crippen LogP contribution in [-0.4, -0.2) is 67.1 Å². The number of nitrogens with zero attached hydrogens (tertiary/aromatic N) is 2. The van der Waals surface area contributed by atoms with Gasteiger partial charge >= 0.3 is 6.18 Å². The van der Waals surface area contributed by atoms with Crippen molar-refractivity contribution < 1.29 is 31.5 Å². The van der Waals surface area contributed by atoms with Crippen molar-refractivity contribution in [3.05, 3.63) is 35.1 Å². The Morgan fingerprint density at radius 2 is 1.65 bits per heavy atom. The normalized spacial score (nSPS) is 19.5. The summed E-state index contributed by atoms with van der Waals surface area (Å²) in [5.41, 5.74) is -1.57. The number of nitrogens with one attached hydrogen (secondary N) is 1. The zero-order chi connectivity index (χ0) is 22.6. The van der Waals surface area contributed by atoms with E-state index >= 15 is 0 Å². The topological polar surface area (TPSA) is 52.7 Å². The van der Waals surface area contributed by atoms with Crippen LogP contribution in [0.3, 0.4) is 0 Å². The van der Waals surface area contributed by atoms with Gasteiger partial charge in [-0.05, 0) is 62.9 Å². The predicted octanol–water partition coefficient (Wildman–Crippen LogP) is 3.25. The van der Waals surface area contributed by atoms with Crippen LogP contribution in [0.5, 0.6) is 0 Å². The molecule has 3 rings (SSSR count). The number of amides is 2. The van der Waals surface area contributed by atoms with E-state index in [4.69, 9.17) is 0 Å². The maximum atomic E-state index is 13.5. The molecule has 1 N–H and O–H groups in total. The number of carbonyl (C=O) groups excluding carboxylic acids is 2. The highest BCUT2D eigenvalue weighted by Gasteiger charge is 2.32. The minimum atomic E-state index is -4.73. The quantitative estimate of drug-likeness (QED) is 0.706. The minimum Gasteiger partial charge on any atom is -0.352 e. The smallest absolute Gasteiger partial charge is 0.352 e. The molecule has 2 amide bonds. The Bertz CT molecular complexity index is 786. The highest BCUT2D eigenvalue weighted by atomic mass is 19.4. The first-order valence-corrected chi connectivity index (χ1v) is 10.4. The van der Waals surface area contributed by atoms with Crippen molar-refractivity contribution >= 4 is 11.8 Å². The molecule has 0 unspecified atom stereocenters. The maximum Gasteiger partial charge on any atom is 0.416 e. The number of rotatable bonds is 5. The molecule has 172 valence electrons. The van der Waals surface area contributed by atoms with Gasteiger partial charge in [-0.1, -0.05) is 0 Å². The SMILES string of the molecule is O=C(NCC1CCN(CC(=O)N2CCC(F)CC2)CC1)c1cc(F)cc(C(F)(F)F)c1. The third-order valence-corrected chi connectivity index (χ3v) is 5.88. The van der Waals surface area contributed by atoms with Crippen molar-refractivity contribution in [2.24, 2.45) is 5.92 Å².